The zero-order chi connectivity index (χ0) is 14.6. The van der Waals surface area contributed by atoms with Crippen LogP contribution in [-0.2, 0) is 13.0 Å². The van der Waals surface area contributed by atoms with Gasteiger partial charge < -0.3 is 20.0 Å². The van der Waals surface area contributed by atoms with Gasteiger partial charge in [-0.05, 0) is 38.1 Å². The maximum absolute atomic E-state index is 12.5. The Morgan fingerprint density at radius 1 is 1.38 bits per heavy atom. The zero-order valence-electron chi connectivity index (χ0n) is 12.0. The first-order chi connectivity index (χ1) is 10.1. The number of hydrogen-bond donors (Lipinski definition) is 2. The highest BCUT2D eigenvalue weighted by Crippen LogP contribution is 2.40. The van der Waals surface area contributed by atoms with Crippen LogP contribution in [0.4, 0.5) is 5.00 Å². The topological polar surface area (TPSA) is 57.5 Å². The summed E-state index contributed by atoms with van der Waals surface area (Å²) in [5, 5.41) is 7.37. The third-order valence-electron chi connectivity index (χ3n) is 4.07. The lowest BCUT2D eigenvalue weighted by Crippen LogP contribution is -2.38. The van der Waals surface area contributed by atoms with Crippen LogP contribution in [0.3, 0.4) is 0 Å². The molecule has 110 valence electrons. The maximum atomic E-state index is 12.5. The molecule has 5 nitrogen and oxygen atoms in total. The Bertz CT molecular complexity index is 719. The first-order valence-corrected chi connectivity index (χ1v) is 7.90. The van der Waals surface area contributed by atoms with Gasteiger partial charge in [-0.25, -0.2) is 0 Å². The minimum Gasteiger partial charge on any atom is -0.462 e. The Morgan fingerprint density at radius 3 is 3.00 bits per heavy atom. The van der Waals surface area contributed by atoms with Crippen LogP contribution in [0, 0.1) is 6.92 Å². The van der Waals surface area contributed by atoms with Crippen molar-refractivity contribution in [2.75, 3.05) is 18.9 Å². The van der Waals surface area contributed by atoms with Crippen molar-refractivity contribution in [1.29, 1.82) is 0 Å². The monoisotopic (exact) mass is 303 g/mol. The lowest BCUT2D eigenvalue weighted by atomic mass is 10.0. The van der Waals surface area contributed by atoms with Gasteiger partial charge in [-0.2, -0.15) is 0 Å². The molecule has 2 aromatic heterocycles. The summed E-state index contributed by atoms with van der Waals surface area (Å²) in [5.41, 5.74) is 2.05. The number of likely N-dealkylation sites (N-methyl/N-ethyl adjacent to an activating group) is 1. The predicted octanol–water partition coefficient (Wildman–Crippen LogP) is 2.49. The second-order valence-electron chi connectivity index (χ2n) is 5.69. The second kappa shape index (κ2) is 4.61. The molecule has 0 bridgehead atoms. The molecule has 0 fully saturated rings. The van der Waals surface area contributed by atoms with Crippen LogP contribution < -0.4 is 10.6 Å². The van der Waals surface area contributed by atoms with E-state index in [1.807, 2.05) is 19.1 Å². The number of fused-ring (bicyclic) bond motifs is 3. The molecular weight excluding hydrogens is 286 g/mol. The van der Waals surface area contributed by atoms with Crippen molar-refractivity contribution in [3.63, 3.8) is 0 Å². The molecule has 0 radical (unpaired) electrons. The number of thiophene rings is 1. The summed E-state index contributed by atoms with van der Waals surface area (Å²) >= 11 is 1.70. The first kappa shape index (κ1) is 12.9. The molecule has 0 saturated carbocycles. The molecule has 1 amide bonds. The number of rotatable bonds is 1. The number of furan rings is 1. The standard InChI is InChI=1S/C15H17N3O2S/c1-8-3-4-10(20-8)13-16-14(19)12-9-5-6-18(2)7-11(9)21-15(12)17-13/h3-4,13,17H,5-7H2,1-2H3,(H,16,19)/t13-/m0/s1. The molecule has 6 heteroatoms. The van der Waals surface area contributed by atoms with Crippen molar-refractivity contribution >= 4 is 22.2 Å². The summed E-state index contributed by atoms with van der Waals surface area (Å²) in [7, 11) is 2.11. The normalized spacial score (nSPS) is 21.4. The lowest BCUT2D eigenvalue weighted by Gasteiger charge is -2.26. The van der Waals surface area contributed by atoms with E-state index in [0.717, 1.165) is 41.6 Å². The molecule has 1 atom stereocenters. The summed E-state index contributed by atoms with van der Waals surface area (Å²) < 4.78 is 5.62. The number of hydrogen-bond acceptors (Lipinski definition) is 5. The Labute approximate surface area is 126 Å². The molecule has 2 aliphatic heterocycles. The van der Waals surface area contributed by atoms with E-state index in [2.05, 4.69) is 22.6 Å². The van der Waals surface area contributed by atoms with E-state index < -0.39 is 0 Å². The van der Waals surface area contributed by atoms with Crippen molar-refractivity contribution in [3.05, 3.63) is 39.7 Å². The van der Waals surface area contributed by atoms with Crippen LogP contribution in [0.25, 0.3) is 0 Å². The van der Waals surface area contributed by atoms with Crippen LogP contribution in [0.5, 0.6) is 0 Å². The smallest absolute Gasteiger partial charge is 0.256 e. The number of anilines is 1. The Morgan fingerprint density at radius 2 is 2.24 bits per heavy atom. The fourth-order valence-electron chi connectivity index (χ4n) is 2.99. The molecule has 0 unspecified atom stereocenters. The van der Waals surface area contributed by atoms with E-state index in [1.54, 1.807) is 11.3 Å². The van der Waals surface area contributed by atoms with Crippen molar-refractivity contribution < 1.29 is 9.21 Å². The van der Waals surface area contributed by atoms with Crippen molar-refractivity contribution in [3.8, 4) is 0 Å². The molecule has 4 heterocycles. The Hall–Kier alpha value is -1.79. The summed E-state index contributed by atoms with van der Waals surface area (Å²) in [6.07, 6.45) is 0.661. The van der Waals surface area contributed by atoms with Gasteiger partial charge in [0.25, 0.3) is 5.91 Å². The van der Waals surface area contributed by atoms with Crippen LogP contribution in [0.1, 0.15) is 38.5 Å². The van der Waals surface area contributed by atoms with E-state index in [-0.39, 0.29) is 12.1 Å². The Kier molecular flexibility index (Phi) is 2.83. The lowest BCUT2D eigenvalue weighted by molar-refractivity contribution is 0.0930. The van der Waals surface area contributed by atoms with E-state index in [0.29, 0.717) is 0 Å². The molecule has 0 spiro atoms. The van der Waals surface area contributed by atoms with Gasteiger partial charge in [0.2, 0.25) is 0 Å². The SMILES string of the molecule is Cc1ccc([C@H]2NC(=O)c3c(sc4c3CCN(C)C4)N2)o1. The van der Waals surface area contributed by atoms with Crippen LogP contribution in [0.2, 0.25) is 0 Å². The number of amides is 1. The molecule has 4 rings (SSSR count). The third kappa shape index (κ3) is 2.06. The average Bonchev–Trinajstić information content (AvgIpc) is 3.01. The minimum absolute atomic E-state index is 0.00450. The van der Waals surface area contributed by atoms with Crippen molar-refractivity contribution in [2.45, 2.75) is 26.1 Å². The molecule has 2 aromatic rings. The van der Waals surface area contributed by atoms with Gasteiger partial charge in [-0.1, -0.05) is 0 Å². The highest BCUT2D eigenvalue weighted by atomic mass is 32.1. The molecule has 0 saturated heterocycles. The molecule has 2 aliphatic rings. The fraction of sp³-hybridized carbons (Fsp3) is 0.400. The summed E-state index contributed by atoms with van der Waals surface area (Å²) in [5.74, 6) is 1.60. The average molecular weight is 303 g/mol. The van der Waals surface area contributed by atoms with Gasteiger partial charge in [0.1, 0.15) is 16.5 Å². The maximum Gasteiger partial charge on any atom is 0.256 e. The second-order valence-corrected chi connectivity index (χ2v) is 6.80. The quantitative estimate of drug-likeness (QED) is 0.850. The molecule has 21 heavy (non-hydrogen) atoms. The van der Waals surface area contributed by atoms with Crippen LogP contribution in [-0.4, -0.2) is 24.4 Å². The summed E-state index contributed by atoms with van der Waals surface area (Å²) in [6.45, 7) is 3.83. The highest BCUT2D eigenvalue weighted by molar-refractivity contribution is 7.16. The van der Waals surface area contributed by atoms with E-state index in [9.17, 15) is 4.79 Å². The number of carbonyl (C=O) groups is 1. The van der Waals surface area contributed by atoms with E-state index in [4.69, 9.17) is 4.42 Å². The summed E-state index contributed by atoms with van der Waals surface area (Å²) in [4.78, 5) is 16.1. The highest BCUT2D eigenvalue weighted by Gasteiger charge is 2.33. The van der Waals surface area contributed by atoms with E-state index >= 15 is 0 Å². The van der Waals surface area contributed by atoms with Gasteiger partial charge in [0.15, 0.2) is 6.17 Å². The summed E-state index contributed by atoms with van der Waals surface area (Å²) in [6, 6.07) is 3.81. The minimum atomic E-state index is -0.281. The van der Waals surface area contributed by atoms with Gasteiger partial charge >= 0.3 is 0 Å². The van der Waals surface area contributed by atoms with Gasteiger partial charge in [-0.3, -0.25) is 4.79 Å². The van der Waals surface area contributed by atoms with Gasteiger partial charge in [-0.15, -0.1) is 11.3 Å². The molecule has 0 aliphatic carbocycles. The largest absolute Gasteiger partial charge is 0.462 e. The zero-order valence-corrected chi connectivity index (χ0v) is 12.8. The first-order valence-electron chi connectivity index (χ1n) is 7.08. The number of nitrogens with one attached hydrogen (secondary N) is 2. The van der Waals surface area contributed by atoms with Crippen molar-refractivity contribution in [1.82, 2.24) is 10.2 Å². The number of aryl methyl sites for hydroxylation is 1. The van der Waals surface area contributed by atoms with Gasteiger partial charge in [0, 0.05) is 18.0 Å². The van der Waals surface area contributed by atoms with Gasteiger partial charge in [0.05, 0.1) is 5.56 Å². The Balaban J connectivity index is 1.71. The van der Waals surface area contributed by atoms with Crippen LogP contribution in [0.15, 0.2) is 16.5 Å². The predicted molar refractivity (Wildman–Crippen MR) is 81.6 cm³/mol. The van der Waals surface area contributed by atoms with Crippen LogP contribution >= 0.6 is 11.3 Å². The third-order valence-corrected chi connectivity index (χ3v) is 5.22. The molecule has 0 aromatic carbocycles. The fourth-order valence-corrected chi connectivity index (χ4v) is 4.35. The number of carbonyl (C=O) groups excluding carboxylic acids is 1. The van der Waals surface area contributed by atoms with E-state index in [1.165, 1.54) is 10.4 Å². The molecular formula is C15H17N3O2S. The molecule has 2 N–H and O–H groups in total. The number of nitrogens with zero attached hydrogens (tertiary/aromatic N) is 1. The van der Waals surface area contributed by atoms with Crippen molar-refractivity contribution in [2.24, 2.45) is 0 Å².